The molecule has 0 saturated carbocycles. The molecule has 5 heteroatoms. The number of anilines is 1. The van der Waals surface area contributed by atoms with E-state index < -0.39 is 0 Å². The van der Waals surface area contributed by atoms with Gasteiger partial charge in [0.25, 0.3) is 0 Å². The number of halogens is 1. The van der Waals surface area contributed by atoms with Gasteiger partial charge in [-0.2, -0.15) is 0 Å². The van der Waals surface area contributed by atoms with Gasteiger partial charge >= 0.3 is 0 Å². The summed E-state index contributed by atoms with van der Waals surface area (Å²) in [6.07, 6.45) is 7.04. The Balaban J connectivity index is 2.49. The van der Waals surface area contributed by atoms with E-state index >= 15 is 0 Å². The van der Waals surface area contributed by atoms with Crippen molar-refractivity contribution in [2.45, 2.75) is 33.1 Å². The molecule has 0 bridgehead atoms. The molecule has 20 heavy (non-hydrogen) atoms. The summed E-state index contributed by atoms with van der Waals surface area (Å²) in [5.41, 5.74) is 2.10. The van der Waals surface area contributed by atoms with Gasteiger partial charge in [-0.15, -0.1) is 0 Å². The lowest BCUT2D eigenvalue weighted by molar-refractivity contribution is 0.624. The monoisotopic (exact) mass is 274 g/mol. The zero-order valence-corrected chi connectivity index (χ0v) is 11.9. The van der Waals surface area contributed by atoms with Gasteiger partial charge in [0.2, 0.25) is 0 Å². The molecule has 2 rings (SSSR count). The lowest BCUT2D eigenvalue weighted by Gasteiger charge is -2.14. The van der Waals surface area contributed by atoms with Crippen LogP contribution >= 0.6 is 0 Å². The minimum atomic E-state index is -0.356. The molecule has 0 aliphatic carbocycles. The highest BCUT2D eigenvalue weighted by molar-refractivity contribution is 5.68. The lowest BCUT2D eigenvalue weighted by atomic mass is 10.0. The third-order valence-corrected chi connectivity index (χ3v) is 3.02. The average molecular weight is 274 g/mol. The fraction of sp³-hybridized carbons (Fsp3) is 0.400. The van der Waals surface area contributed by atoms with E-state index in [1.54, 1.807) is 12.3 Å². The van der Waals surface area contributed by atoms with Gasteiger partial charge in [0.15, 0.2) is 5.82 Å². The van der Waals surface area contributed by atoms with Crippen LogP contribution in [-0.4, -0.2) is 21.5 Å². The summed E-state index contributed by atoms with van der Waals surface area (Å²) < 4.78 is 13.9. The Hall–Kier alpha value is -2.04. The molecular formula is C15H19FN4. The van der Waals surface area contributed by atoms with Crippen LogP contribution in [0.2, 0.25) is 0 Å². The van der Waals surface area contributed by atoms with Crippen molar-refractivity contribution >= 4 is 5.82 Å². The first-order chi connectivity index (χ1) is 9.77. The number of nitrogens with one attached hydrogen (secondary N) is 1. The maximum Gasteiger partial charge on any atom is 0.150 e. The largest absolute Gasteiger partial charge is 0.370 e. The second kappa shape index (κ2) is 6.93. The predicted octanol–water partition coefficient (Wildman–Crippen LogP) is 3.45. The normalized spacial score (nSPS) is 10.6. The van der Waals surface area contributed by atoms with Crippen LogP contribution in [0.4, 0.5) is 10.2 Å². The fourth-order valence-corrected chi connectivity index (χ4v) is 2.09. The van der Waals surface area contributed by atoms with E-state index in [2.05, 4.69) is 34.1 Å². The van der Waals surface area contributed by atoms with E-state index in [0.717, 1.165) is 37.2 Å². The number of nitrogens with zero attached hydrogens (tertiary/aromatic N) is 3. The molecular weight excluding hydrogens is 255 g/mol. The molecule has 2 heterocycles. The van der Waals surface area contributed by atoms with Crippen LogP contribution < -0.4 is 5.32 Å². The first-order valence-corrected chi connectivity index (χ1v) is 6.95. The third-order valence-electron chi connectivity index (χ3n) is 3.02. The number of pyridine rings is 1. The Labute approximate surface area is 118 Å². The summed E-state index contributed by atoms with van der Waals surface area (Å²) in [6.45, 7) is 5.02. The van der Waals surface area contributed by atoms with Crippen molar-refractivity contribution in [3.05, 3.63) is 36.2 Å². The predicted molar refractivity (Wildman–Crippen MR) is 78.0 cm³/mol. The maximum absolute atomic E-state index is 13.9. The van der Waals surface area contributed by atoms with Gasteiger partial charge in [0.05, 0.1) is 11.9 Å². The van der Waals surface area contributed by atoms with Crippen molar-refractivity contribution in [1.82, 2.24) is 15.0 Å². The molecule has 1 N–H and O–H groups in total. The van der Waals surface area contributed by atoms with Crippen molar-refractivity contribution in [2.24, 2.45) is 0 Å². The van der Waals surface area contributed by atoms with Crippen LogP contribution in [0.1, 0.15) is 32.3 Å². The van der Waals surface area contributed by atoms with Crippen LogP contribution in [0.3, 0.4) is 0 Å². The van der Waals surface area contributed by atoms with E-state index in [4.69, 9.17) is 0 Å². The molecule has 0 unspecified atom stereocenters. The summed E-state index contributed by atoms with van der Waals surface area (Å²) in [4.78, 5) is 12.4. The van der Waals surface area contributed by atoms with Crippen LogP contribution in [0.25, 0.3) is 11.3 Å². The Morgan fingerprint density at radius 3 is 2.75 bits per heavy atom. The van der Waals surface area contributed by atoms with Crippen molar-refractivity contribution in [2.75, 3.05) is 11.9 Å². The molecule has 0 atom stereocenters. The Kier molecular flexibility index (Phi) is 4.98. The molecule has 2 aromatic heterocycles. The molecule has 2 aromatic rings. The smallest absolute Gasteiger partial charge is 0.150 e. The topological polar surface area (TPSA) is 50.7 Å². The molecule has 0 amide bonds. The van der Waals surface area contributed by atoms with Crippen LogP contribution in [0.15, 0.2) is 24.8 Å². The van der Waals surface area contributed by atoms with Gasteiger partial charge in [-0.3, -0.25) is 4.98 Å². The zero-order valence-electron chi connectivity index (χ0n) is 11.9. The number of hydrogen-bond donors (Lipinski definition) is 1. The van der Waals surface area contributed by atoms with Gasteiger partial charge in [-0.05, 0) is 18.9 Å². The molecule has 4 nitrogen and oxygen atoms in total. The quantitative estimate of drug-likeness (QED) is 0.876. The summed E-state index contributed by atoms with van der Waals surface area (Å²) in [5.74, 6) is 0.444. The zero-order chi connectivity index (χ0) is 14.4. The van der Waals surface area contributed by atoms with E-state index in [0.29, 0.717) is 11.3 Å². The van der Waals surface area contributed by atoms with Gasteiger partial charge in [0, 0.05) is 23.9 Å². The molecule has 0 fully saturated rings. The van der Waals surface area contributed by atoms with Crippen LogP contribution in [-0.2, 0) is 6.42 Å². The van der Waals surface area contributed by atoms with E-state index in [1.807, 2.05) is 0 Å². The second-order valence-corrected chi connectivity index (χ2v) is 4.58. The van der Waals surface area contributed by atoms with Crippen LogP contribution in [0, 0.1) is 5.82 Å². The second-order valence-electron chi connectivity index (χ2n) is 4.58. The number of hydrogen-bond acceptors (Lipinski definition) is 4. The highest BCUT2D eigenvalue weighted by Gasteiger charge is 2.15. The van der Waals surface area contributed by atoms with E-state index in [9.17, 15) is 4.39 Å². The minimum absolute atomic E-state index is 0.356. The van der Waals surface area contributed by atoms with Crippen molar-refractivity contribution < 1.29 is 4.39 Å². The average Bonchev–Trinajstić information content (AvgIpc) is 2.47. The first kappa shape index (κ1) is 14.4. The highest BCUT2D eigenvalue weighted by Crippen LogP contribution is 2.28. The molecule has 0 aliphatic heterocycles. The lowest BCUT2D eigenvalue weighted by Crippen LogP contribution is -2.08. The van der Waals surface area contributed by atoms with Crippen LogP contribution in [0.5, 0.6) is 0 Å². The minimum Gasteiger partial charge on any atom is -0.370 e. The molecule has 0 aliphatic rings. The number of rotatable bonds is 6. The summed E-state index contributed by atoms with van der Waals surface area (Å²) in [6, 6.07) is 1.65. The number of aromatic nitrogens is 3. The Bertz CT molecular complexity index is 572. The van der Waals surface area contributed by atoms with Gasteiger partial charge in [0.1, 0.15) is 12.1 Å². The summed E-state index contributed by atoms with van der Waals surface area (Å²) >= 11 is 0. The van der Waals surface area contributed by atoms with Gasteiger partial charge in [-0.1, -0.05) is 20.3 Å². The van der Waals surface area contributed by atoms with E-state index in [-0.39, 0.29) is 5.82 Å². The first-order valence-electron chi connectivity index (χ1n) is 6.95. The summed E-state index contributed by atoms with van der Waals surface area (Å²) in [7, 11) is 0. The summed E-state index contributed by atoms with van der Waals surface area (Å²) in [5, 5.41) is 3.29. The molecule has 0 radical (unpaired) electrons. The van der Waals surface area contributed by atoms with E-state index in [1.165, 1.54) is 12.5 Å². The third kappa shape index (κ3) is 3.10. The SMILES string of the molecule is CCCNc1ncnc(-c2ccncc2F)c1CCC. The van der Waals surface area contributed by atoms with Crippen molar-refractivity contribution in [1.29, 1.82) is 0 Å². The van der Waals surface area contributed by atoms with Crippen molar-refractivity contribution in [3.8, 4) is 11.3 Å². The highest BCUT2D eigenvalue weighted by atomic mass is 19.1. The molecule has 0 aromatic carbocycles. The van der Waals surface area contributed by atoms with Gasteiger partial charge < -0.3 is 5.32 Å². The maximum atomic E-state index is 13.9. The molecule has 0 saturated heterocycles. The standard InChI is InChI=1S/C15H19FN4/c1-3-5-12-14(11-6-8-17-9-13(11)16)19-10-20-15(12)18-7-4-2/h6,8-10H,3-5,7H2,1-2H3,(H,18,19,20). The van der Waals surface area contributed by atoms with Crippen molar-refractivity contribution in [3.63, 3.8) is 0 Å². The Morgan fingerprint density at radius 2 is 2.05 bits per heavy atom. The van der Waals surface area contributed by atoms with Gasteiger partial charge in [-0.25, -0.2) is 14.4 Å². The molecule has 0 spiro atoms. The molecule has 106 valence electrons. The Morgan fingerprint density at radius 1 is 1.20 bits per heavy atom. The fourth-order valence-electron chi connectivity index (χ4n) is 2.09.